The summed E-state index contributed by atoms with van der Waals surface area (Å²) in [5, 5.41) is 0. The molecule has 2 rings (SSSR count). The number of hydrogen-bond acceptors (Lipinski definition) is 4. The molecule has 0 spiro atoms. The highest BCUT2D eigenvalue weighted by Gasteiger charge is 2.24. The minimum Gasteiger partial charge on any atom is -0.466 e. The van der Waals surface area contributed by atoms with Crippen LogP contribution < -0.4 is 4.72 Å². The molecule has 0 heterocycles. The first kappa shape index (κ1) is 19.1. The zero-order valence-corrected chi connectivity index (χ0v) is 15.5. The highest BCUT2D eigenvalue weighted by Crippen LogP contribution is 2.22. The minimum absolute atomic E-state index is 0.0675. The van der Waals surface area contributed by atoms with Crippen LogP contribution in [0.2, 0.25) is 0 Å². The third-order valence-electron chi connectivity index (χ3n) is 3.78. The summed E-state index contributed by atoms with van der Waals surface area (Å²) in [5.74, 6) is -0.445. The molecule has 0 bridgehead atoms. The summed E-state index contributed by atoms with van der Waals surface area (Å²) in [7, 11) is -3.75. The number of ether oxygens (including phenoxy) is 1. The first-order chi connectivity index (χ1) is 11.8. The zero-order valence-electron chi connectivity index (χ0n) is 14.7. The normalized spacial score (nSPS) is 12.6. The summed E-state index contributed by atoms with van der Waals surface area (Å²) >= 11 is 0. The molecule has 0 saturated carbocycles. The Hall–Kier alpha value is -2.18. The van der Waals surface area contributed by atoms with Crippen LogP contribution in [0.4, 0.5) is 0 Å². The third kappa shape index (κ3) is 5.41. The quantitative estimate of drug-likeness (QED) is 0.768. The van der Waals surface area contributed by atoms with Gasteiger partial charge in [0.05, 0.1) is 24.0 Å². The van der Waals surface area contributed by atoms with Gasteiger partial charge in [0, 0.05) is 0 Å². The van der Waals surface area contributed by atoms with Crippen LogP contribution in [0.15, 0.2) is 53.4 Å². The number of nitrogens with one attached hydrogen (secondary N) is 1. The maximum absolute atomic E-state index is 12.7. The molecular formula is C19H23NO4S. The maximum atomic E-state index is 12.7. The molecule has 0 aliphatic rings. The van der Waals surface area contributed by atoms with Crippen LogP contribution >= 0.6 is 0 Å². The average molecular weight is 361 g/mol. The van der Waals surface area contributed by atoms with Crippen molar-refractivity contribution < 1.29 is 17.9 Å². The van der Waals surface area contributed by atoms with Crippen molar-refractivity contribution in [2.75, 3.05) is 6.61 Å². The Morgan fingerprint density at radius 3 is 2.04 bits per heavy atom. The third-order valence-corrected chi connectivity index (χ3v) is 5.27. The minimum atomic E-state index is -3.75. The van der Waals surface area contributed by atoms with E-state index < -0.39 is 22.0 Å². The summed E-state index contributed by atoms with van der Waals surface area (Å²) in [6.07, 6.45) is -0.0675. The van der Waals surface area contributed by atoms with Crippen LogP contribution in [0, 0.1) is 13.8 Å². The summed E-state index contributed by atoms with van der Waals surface area (Å²) in [6.45, 7) is 5.81. The van der Waals surface area contributed by atoms with E-state index in [4.69, 9.17) is 4.74 Å². The fourth-order valence-corrected chi connectivity index (χ4v) is 3.61. The van der Waals surface area contributed by atoms with Gasteiger partial charge in [-0.25, -0.2) is 13.1 Å². The Bertz CT molecular complexity index is 812. The number of carbonyl (C=O) groups excluding carboxylic acids is 1. The van der Waals surface area contributed by atoms with E-state index in [0.29, 0.717) is 5.56 Å². The second-order valence-corrected chi connectivity index (χ2v) is 7.62. The van der Waals surface area contributed by atoms with Gasteiger partial charge in [-0.3, -0.25) is 4.79 Å². The van der Waals surface area contributed by atoms with Gasteiger partial charge in [-0.05, 0) is 38.5 Å². The Balaban J connectivity index is 2.29. The largest absolute Gasteiger partial charge is 0.466 e. The van der Waals surface area contributed by atoms with Crippen molar-refractivity contribution >= 4 is 16.0 Å². The summed E-state index contributed by atoms with van der Waals surface area (Å²) in [4.78, 5) is 12.1. The van der Waals surface area contributed by atoms with Gasteiger partial charge in [0.2, 0.25) is 10.0 Å². The lowest BCUT2D eigenvalue weighted by Gasteiger charge is -2.19. The van der Waals surface area contributed by atoms with Gasteiger partial charge >= 0.3 is 5.97 Å². The molecule has 5 nitrogen and oxygen atoms in total. The molecule has 134 valence electrons. The molecule has 25 heavy (non-hydrogen) atoms. The van der Waals surface area contributed by atoms with E-state index in [1.54, 1.807) is 31.2 Å². The van der Waals surface area contributed by atoms with Gasteiger partial charge < -0.3 is 4.74 Å². The van der Waals surface area contributed by atoms with Crippen molar-refractivity contribution in [3.63, 3.8) is 0 Å². The fourth-order valence-electron chi connectivity index (χ4n) is 2.39. The molecule has 0 amide bonds. The number of carbonyl (C=O) groups is 1. The first-order valence-electron chi connectivity index (χ1n) is 8.13. The Morgan fingerprint density at radius 2 is 1.52 bits per heavy atom. The molecule has 1 atom stereocenters. The monoisotopic (exact) mass is 361 g/mol. The maximum Gasteiger partial charge on any atom is 0.307 e. The highest BCUT2D eigenvalue weighted by atomic mass is 32.2. The van der Waals surface area contributed by atoms with Crippen LogP contribution in [-0.4, -0.2) is 21.0 Å². The molecule has 0 fully saturated rings. The van der Waals surface area contributed by atoms with Crippen LogP contribution in [0.3, 0.4) is 0 Å². The van der Waals surface area contributed by atoms with E-state index in [2.05, 4.69) is 4.72 Å². The molecule has 1 N–H and O–H groups in total. The van der Waals surface area contributed by atoms with Crippen LogP contribution in [0.25, 0.3) is 0 Å². The predicted molar refractivity (Wildman–Crippen MR) is 96.7 cm³/mol. The van der Waals surface area contributed by atoms with E-state index in [1.807, 2.05) is 38.1 Å². The Morgan fingerprint density at radius 1 is 1.00 bits per heavy atom. The molecule has 6 heteroatoms. The van der Waals surface area contributed by atoms with Gasteiger partial charge in [-0.2, -0.15) is 0 Å². The van der Waals surface area contributed by atoms with E-state index in [0.717, 1.165) is 11.1 Å². The van der Waals surface area contributed by atoms with Gasteiger partial charge in [0.15, 0.2) is 0 Å². The lowest BCUT2D eigenvalue weighted by Crippen LogP contribution is -2.30. The van der Waals surface area contributed by atoms with Crippen molar-refractivity contribution in [3.05, 3.63) is 65.2 Å². The lowest BCUT2D eigenvalue weighted by molar-refractivity contribution is -0.143. The first-order valence-corrected chi connectivity index (χ1v) is 9.61. The summed E-state index contributed by atoms with van der Waals surface area (Å²) in [5.41, 5.74) is 2.75. The van der Waals surface area contributed by atoms with Crippen molar-refractivity contribution in [1.29, 1.82) is 0 Å². The smallest absolute Gasteiger partial charge is 0.307 e. The molecular weight excluding hydrogens is 338 g/mol. The van der Waals surface area contributed by atoms with Gasteiger partial charge in [-0.1, -0.05) is 47.5 Å². The Labute approximate surface area is 149 Å². The molecule has 0 saturated heterocycles. The fraction of sp³-hybridized carbons (Fsp3) is 0.316. The number of esters is 1. The van der Waals surface area contributed by atoms with Crippen molar-refractivity contribution in [2.45, 2.75) is 38.1 Å². The second kappa shape index (κ2) is 8.27. The topological polar surface area (TPSA) is 72.5 Å². The summed E-state index contributed by atoms with van der Waals surface area (Å²) < 4.78 is 32.9. The van der Waals surface area contributed by atoms with Gasteiger partial charge in [-0.15, -0.1) is 0 Å². The van der Waals surface area contributed by atoms with E-state index >= 15 is 0 Å². The molecule has 0 aliphatic carbocycles. The number of sulfonamides is 1. The molecule has 0 radical (unpaired) electrons. The van der Waals surface area contributed by atoms with E-state index in [9.17, 15) is 13.2 Å². The number of aryl methyl sites for hydroxylation is 2. The van der Waals surface area contributed by atoms with Gasteiger partial charge in [0.1, 0.15) is 0 Å². The molecule has 2 aromatic rings. The van der Waals surface area contributed by atoms with Crippen LogP contribution in [-0.2, 0) is 19.6 Å². The molecule has 0 aliphatic heterocycles. The molecule has 0 unspecified atom stereocenters. The predicted octanol–water partition coefficient (Wildman–Crippen LogP) is 3.28. The SMILES string of the molecule is CCOC(=O)C[C@@H](NS(=O)(=O)c1ccc(C)cc1)c1ccc(C)cc1. The second-order valence-electron chi connectivity index (χ2n) is 5.91. The standard InChI is InChI=1S/C19H23NO4S/c1-4-24-19(21)13-18(16-9-5-14(2)6-10-16)20-25(22,23)17-11-7-15(3)8-12-17/h5-12,18,20H,4,13H2,1-3H3/t18-/m1/s1. The van der Waals surface area contributed by atoms with Gasteiger partial charge in [0.25, 0.3) is 0 Å². The van der Waals surface area contributed by atoms with Crippen LogP contribution in [0.1, 0.15) is 36.1 Å². The van der Waals surface area contributed by atoms with E-state index in [1.165, 1.54) is 0 Å². The highest BCUT2D eigenvalue weighted by molar-refractivity contribution is 7.89. The van der Waals surface area contributed by atoms with Crippen molar-refractivity contribution in [1.82, 2.24) is 4.72 Å². The van der Waals surface area contributed by atoms with E-state index in [-0.39, 0.29) is 17.9 Å². The summed E-state index contributed by atoms with van der Waals surface area (Å²) in [6, 6.07) is 13.3. The van der Waals surface area contributed by atoms with Crippen molar-refractivity contribution in [2.24, 2.45) is 0 Å². The molecule has 2 aromatic carbocycles. The van der Waals surface area contributed by atoms with Crippen molar-refractivity contribution in [3.8, 4) is 0 Å². The lowest BCUT2D eigenvalue weighted by atomic mass is 10.0. The van der Waals surface area contributed by atoms with Crippen LogP contribution in [0.5, 0.6) is 0 Å². The molecule has 0 aromatic heterocycles. The number of rotatable bonds is 7. The zero-order chi connectivity index (χ0) is 18.4. The number of benzene rings is 2. The Kier molecular flexibility index (Phi) is 6.33. The number of hydrogen-bond donors (Lipinski definition) is 1. The average Bonchev–Trinajstić information content (AvgIpc) is 2.55.